The van der Waals surface area contributed by atoms with E-state index in [0.717, 1.165) is 24.5 Å². The monoisotopic (exact) mass is 227 g/mol. The van der Waals surface area contributed by atoms with Crippen LogP contribution in [0.5, 0.6) is 0 Å². The second kappa shape index (κ2) is 5.43. The van der Waals surface area contributed by atoms with Gasteiger partial charge in [0.2, 0.25) is 0 Å². The van der Waals surface area contributed by atoms with E-state index in [1.165, 1.54) is 5.56 Å². The molecule has 0 fully saturated rings. The topological polar surface area (TPSA) is 29.0 Å². The molecule has 0 atom stereocenters. The Morgan fingerprint density at radius 1 is 1.12 bits per heavy atom. The maximum absolute atomic E-state index is 4.27. The predicted molar refractivity (Wildman–Crippen MR) is 70.2 cm³/mol. The van der Waals surface area contributed by atoms with Crippen LogP contribution >= 0.6 is 0 Å². The molecule has 0 aliphatic heterocycles. The summed E-state index contributed by atoms with van der Waals surface area (Å²) in [5.41, 5.74) is 2.35. The van der Waals surface area contributed by atoms with Crippen LogP contribution in [0, 0.1) is 6.92 Å². The van der Waals surface area contributed by atoms with E-state index in [4.69, 9.17) is 0 Å². The standard InChI is InChI=1S/C14H17N3/c1-12-10-14(16-11-15-12)17(2)9-8-13-6-4-3-5-7-13/h3-7,10-11H,8-9H2,1-2H3. The van der Waals surface area contributed by atoms with E-state index in [9.17, 15) is 0 Å². The van der Waals surface area contributed by atoms with Gasteiger partial charge in [0.1, 0.15) is 12.1 Å². The fraction of sp³-hybridized carbons (Fsp3) is 0.286. The minimum atomic E-state index is 0.959. The van der Waals surface area contributed by atoms with E-state index in [2.05, 4.69) is 46.2 Å². The molecular weight excluding hydrogens is 210 g/mol. The Labute approximate surface area is 102 Å². The van der Waals surface area contributed by atoms with Gasteiger partial charge in [-0.15, -0.1) is 0 Å². The highest BCUT2D eigenvalue weighted by molar-refractivity contribution is 5.37. The van der Waals surface area contributed by atoms with Crippen molar-refractivity contribution in [2.24, 2.45) is 0 Å². The van der Waals surface area contributed by atoms with Crippen LogP contribution in [0.3, 0.4) is 0 Å². The average Bonchev–Trinajstić information content (AvgIpc) is 2.37. The van der Waals surface area contributed by atoms with Crippen molar-refractivity contribution in [1.29, 1.82) is 0 Å². The lowest BCUT2D eigenvalue weighted by Gasteiger charge is -2.18. The molecule has 0 amide bonds. The van der Waals surface area contributed by atoms with Crippen molar-refractivity contribution in [3.8, 4) is 0 Å². The van der Waals surface area contributed by atoms with Crippen molar-refractivity contribution in [2.75, 3.05) is 18.5 Å². The lowest BCUT2D eigenvalue weighted by atomic mass is 10.1. The number of aromatic nitrogens is 2. The second-order valence-electron chi connectivity index (χ2n) is 4.17. The smallest absolute Gasteiger partial charge is 0.131 e. The Morgan fingerprint density at radius 3 is 2.59 bits per heavy atom. The molecular formula is C14H17N3. The van der Waals surface area contributed by atoms with Gasteiger partial charge < -0.3 is 4.90 Å². The van der Waals surface area contributed by atoms with Crippen molar-refractivity contribution >= 4 is 5.82 Å². The molecule has 3 heteroatoms. The minimum absolute atomic E-state index is 0.959. The van der Waals surface area contributed by atoms with Gasteiger partial charge in [-0.3, -0.25) is 0 Å². The Balaban J connectivity index is 1.96. The van der Waals surface area contributed by atoms with E-state index >= 15 is 0 Å². The maximum Gasteiger partial charge on any atom is 0.131 e. The maximum atomic E-state index is 4.27. The van der Waals surface area contributed by atoms with E-state index < -0.39 is 0 Å². The molecule has 3 nitrogen and oxygen atoms in total. The van der Waals surface area contributed by atoms with Gasteiger partial charge in [-0.2, -0.15) is 0 Å². The fourth-order valence-electron chi connectivity index (χ4n) is 1.71. The molecule has 0 N–H and O–H groups in total. The zero-order valence-corrected chi connectivity index (χ0v) is 10.3. The number of benzene rings is 1. The van der Waals surface area contributed by atoms with Gasteiger partial charge in [-0.1, -0.05) is 30.3 Å². The lowest BCUT2D eigenvalue weighted by Crippen LogP contribution is -2.21. The molecule has 1 aromatic carbocycles. The van der Waals surface area contributed by atoms with Crippen LogP contribution in [0.2, 0.25) is 0 Å². The largest absolute Gasteiger partial charge is 0.359 e. The number of hydrogen-bond donors (Lipinski definition) is 0. The summed E-state index contributed by atoms with van der Waals surface area (Å²) in [7, 11) is 2.06. The number of likely N-dealkylation sites (N-methyl/N-ethyl adjacent to an activating group) is 1. The molecule has 1 heterocycles. The zero-order valence-electron chi connectivity index (χ0n) is 10.3. The molecule has 0 saturated heterocycles. The van der Waals surface area contributed by atoms with Crippen LogP contribution in [-0.4, -0.2) is 23.6 Å². The number of rotatable bonds is 4. The third kappa shape index (κ3) is 3.28. The van der Waals surface area contributed by atoms with Crippen LogP contribution < -0.4 is 4.90 Å². The number of aryl methyl sites for hydroxylation is 1. The van der Waals surface area contributed by atoms with Gasteiger partial charge in [0.05, 0.1) is 0 Å². The third-order valence-electron chi connectivity index (χ3n) is 2.76. The van der Waals surface area contributed by atoms with Gasteiger partial charge >= 0.3 is 0 Å². The summed E-state index contributed by atoms with van der Waals surface area (Å²) in [4.78, 5) is 10.5. The van der Waals surface area contributed by atoms with Gasteiger partial charge in [-0.25, -0.2) is 9.97 Å². The van der Waals surface area contributed by atoms with Crippen LogP contribution in [0.4, 0.5) is 5.82 Å². The highest BCUT2D eigenvalue weighted by atomic mass is 15.2. The molecule has 0 unspecified atom stereocenters. The normalized spacial score (nSPS) is 10.2. The number of hydrogen-bond acceptors (Lipinski definition) is 3. The van der Waals surface area contributed by atoms with Crippen molar-refractivity contribution in [3.63, 3.8) is 0 Å². The molecule has 0 spiro atoms. The van der Waals surface area contributed by atoms with E-state index in [1.807, 2.05) is 19.1 Å². The first-order valence-electron chi connectivity index (χ1n) is 5.79. The van der Waals surface area contributed by atoms with E-state index in [1.54, 1.807) is 6.33 Å². The molecule has 0 saturated carbocycles. The van der Waals surface area contributed by atoms with Gasteiger partial charge in [0.15, 0.2) is 0 Å². The molecule has 0 bridgehead atoms. The van der Waals surface area contributed by atoms with E-state index in [0.29, 0.717) is 0 Å². The highest BCUT2D eigenvalue weighted by Crippen LogP contribution is 2.09. The molecule has 2 aromatic rings. The summed E-state index contributed by atoms with van der Waals surface area (Å²) in [5, 5.41) is 0. The van der Waals surface area contributed by atoms with Crippen molar-refractivity contribution < 1.29 is 0 Å². The van der Waals surface area contributed by atoms with Crippen molar-refractivity contribution in [1.82, 2.24) is 9.97 Å². The Hall–Kier alpha value is -1.90. The summed E-state index contributed by atoms with van der Waals surface area (Å²) in [6, 6.07) is 12.5. The molecule has 0 aliphatic carbocycles. The molecule has 2 rings (SSSR count). The van der Waals surface area contributed by atoms with Crippen molar-refractivity contribution in [3.05, 3.63) is 54.0 Å². The first-order valence-corrected chi connectivity index (χ1v) is 5.79. The minimum Gasteiger partial charge on any atom is -0.359 e. The van der Waals surface area contributed by atoms with Crippen LogP contribution in [0.15, 0.2) is 42.7 Å². The Morgan fingerprint density at radius 2 is 1.88 bits per heavy atom. The predicted octanol–water partition coefficient (Wildman–Crippen LogP) is 2.46. The van der Waals surface area contributed by atoms with E-state index in [-0.39, 0.29) is 0 Å². The van der Waals surface area contributed by atoms with Crippen LogP contribution in [0.1, 0.15) is 11.3 Å². The summed E-state index contributed by atoms with van der Waals surface area (Å²) in [6.07, 6.45) is 2.64. The molecule has 17 heavy (non-hydrogen) atoms. The summed E-state index contributed by atoms with van der Waals surface area (Å²) < 4.78 is 0. The molecule has 0 radical (unpaired) electrons. The fourth-order valence-corrected chi connectivity index (χ4v) is 1.71. The quantitative estimate of drug-likeness (QED) is 0.803. The highest BCUT2D eigenvalue weighted by Gasteiger charge is 2.02. The molecule has 0 aliphatic rings. The van der Waals surface area contributed by atoms with Crippen molar-refractivity contribution in [2.45, 2.75) is 13.3 Å². The second-order valence-corrected chi connectivity index (χ2v) is 4.17. The first-order chi connectivity index (χ1) is 8.25. The Bertz CT molecular complexity index is 468. The first kappa shape index (κ1) is 11.6. The molecule has 88 valence electrons. The van der Waals surface area contributed by atoms with Gasteiger partial charge in [0.25, 0.3) is 0 Å². The van der Waals surface area contributed by atoms with Gasteiger partial charge in [0, 0.05) is 25.4 Å². The third-order valence-corrected chi connectivity index (χ3v) is 2.76. The Kier molecular flexibility index (Phi) is 3.70. The van der Waals surface area contributed by atoms with Gasteiger partial charge in [-0.05, 0) is 18.9 Å². The number of anilines is 1. The average molecular weight is 227 g/mol. The summed E-state index contributed by atoms with van der Waals surface area (Å²) in [6.45, 7) is 2.94. The summed E-state index contributed by atoms with van der Waals surface area (Å²) >= 11 is 0. The lowest BCUT2D eigenvalue weighted by molar-refractivity contribution is 0.853. The van der Waals surface area contributed by atoms with Crippen LogP contribution in [0.25, 0.3) is 0 Å². The summed E-state index contributed by atoms with van der Waals surface area (Å²) in [5.74, 6) is 0.980. The van der Waals surface area contributed by atoms with Crippen LogP contribution in [-0.2, 0) is 6.42 Å². The molecule has 1 aromatic heterocycles. The SMILES string of the molecule is Cc1cc(N(C)CCc2ccccc2)ncn1. The number of nitrogens with zero attached hydrogens (tertiary/aromatic N) is 3. The zero-order chi connectivity index (χ0) is 12.1.